The van der Waals surface area contributed by atoms with Gasteiger partial charge in [0.15, 0.2) is 0 Å². The molecule has 20 heavy (non-hydrogen) atoms. The summed E-state index contributed by atoms with van der Waals surface area (Å²) in [6.07, 6.45) is 2.07. The third-order valence-corrected chi connectivity index (χ3v) is 4.04. The number of benzene rings is 1. The fourth-order valence-electron chi connectivity index (χ4n) is 2.71. The Morgan fingerprint density at radius 1 is 1.55 bits per heavy atom. The van der Waals surface area contributed by atoms with Crippen LogP contribution in [0.5, 0.6) is 0 Å². The predicted molar refractivity (Wildman–Crippen MR) is 82.6 cm³/mol. The number of carbonyl (C=O) groups is 1. The topological polar surface area (TPSA) is 58.4 Å². The molecule has 2 unspecified atom stereocenters. The molecule has 1 aromatic carbocycles. The van der Waals surface area contributed by atoms with Crippen molar-refractivity contribution in [1.29, 1.82) is 0 Å². The summed E-state index contributed by atoms with van der Waals surface area (Å²) in [6.45, 7) is 6.51. The number of nitrogens with two attached hydrogens (primary N) is 1. The first kappa shape index (κ1) is 15.0. The summed E-state index contributed by atoms with van der Waals surface area (Å²) in [7, 11) is 0. The van der Waals surface area contributed by atoms with Gasteiger partial charge in [-0.2, -0.15) is 0 Å². The van der Waals surface area contributed by atoms with Crippen LogP contribution >= 0.6 is 0 Å². The molecule has 0 radical (unpaired) electrons. The summed E-state index contributed by atoms with van der Waals surface area (Å²) in [5, 5.41) is 2.98. The molecule has 0 saturated carbocycles. The molecule has 1 aliphatic heterocycles. The first-order chi connectivity index (χ1) is 9.58. The maximum atomic E-state index is 12.1. The molecule has 2 rings (SSSR count). The Kier molecular flexibility index (Phi) is 5.15. The Balaban J connectivity index is 1.84. The molecule has 4 heteroatoms. The van der Waals surface area contributed by atoms with Gasteiger partial charge in [-0.05, 0) is 49.9 Å². The molecule has 1 fully saturated rings. The molecule has 0 bridgehead atoms. The number of aryl methyl sites for hydroxylation is 1. The van der Waals surface area contributed by atoms with Crippen molar-refractivity contribution < 1.29 is 4.79 Å². The molecule has 110 valence electrons. The largest absolute Gasteiger partial charge is 0.328 e. The molecule has 0 aromatic heterocycles. The molecule has 1 aromatic rings. The van der Waals surface area contributed by atoms with Crippen LogP contribution in [0, 0.1) is 5.92 Å². The van der Waals surface area contributed by atoms with Crippen LogP contribution < -0.4 is 11.1 Å². The Morgan fingerprint density at radius 3 is 3.00 bits per heavy atom. The summed E-state index contributed by atoms with van der Waals surface area (Å²) in [5.74, 6) is 0.579. The number of amides is 1. The molecule has 0 aliphatic carbocycles. The third kappa shape index (κ3) is 4.05. The van der Waals surface area contributed by atoms with E-state index in [2.05, 4.69) is 23.2 Å². The van der Waals surface area contributed by atoms with E-state index >= 15 is 0 Å². The number of hydrogen-bond donors (Lipinski definition) is 2. The van der Waals surface area contributed by atoms with Crippen molar-refractivity contribution in [3.05, 3.63) is 29.8 Å². The Morgan fingerprint density at radius 2 is 2.35 bits per heavy atom. The van der Waals surface area contributed by atoms with Gasteiger partial charge in [-0.15, -0.1) is 0 Å². The standard InChI is InChI=1S/C16H25N3O/c1-3-13-5-4-6-15(9-13)18-16(20)11-19-8-7-14(10-19)12(2)17/h4-6,9,12,14H,3,7-8,10-11,17H2,1-2H3,(H,18,20). The van der Waals surface area contributed by atoms with Gasteiger partial charge in [0.1, 0.15) is 0 Å². The highest BCUT2D eigenvalue weighted by Gasteiger charge is 2.26. The van der Waals surface area contributed by atoms with E-state index in [1.807, 2.05) is 25.1 Å². The molecule has 2 atom stereocenters. The van der Waals surface area contributed by atoms with Gasteiger partial charge in [0.2, 0.25) is 5.91 Å². The van der Waals surface area contributed by atoms with E-state index in [9.17, 15) is 4.79 Å². The molecule has 1 saturated heterocycles. The Bertz CT molecular complexity index is 459. The molecule has 1 aliphatic rings. The maximum absolute atomic E-state index is 12.1. The second-order valence-corrected chi connectivity index (χ2v) is 5.75. The number of rotatable bonds is 5. The SMILES string of the molecule is CCc1cccc(NC(=O)CN2CCC(C(C)N)C2)c1. The van der Waals surface area contributed by atoms with Crippen LogP contribution in [0.15, 0.2) is 24.3 Å². The minimum absolute atomic E-state index is 0.0589. The minimum atomic E-state index is 0.0589. The lowest BCUT2D eigenvalue weighted by Gasteiger charge is -2.17. The smallest absolute Gasteiger partial charge is 0.238 e. The minimum Gasteiger partial charge on any atom is -0.328 e. The highest BCUT2D eigenvalue weighted by molar-refractivity contribution is 5.92. The van der Waals surface area contributed by atoms with Gasteiger partial charge in [0, 0.05) is 18.3 Å². The van der Waals surface area contributed by atoms with E-state index in [1.54, 1.807) is 0 Å². The van der Waals surface area contributed by atoms with Gasteiger partial charge in [0.25, 0.3) is 0 Å². The lowest BCUT2D eigenvalue weighted by molar-refractivity contribution is -0.117. The molecular weight excluding hydrogens is 250 g/mol. The fourth-order valence-corrected chi connectivity index (χ4v) is 2.71. The number of carbonyl (C=O) groups excluding carboxylic acids is 1. The van der Waals surface area contributed by atoms with Gasteiger partial charge in [-0.1, -0.05) is 19.1 Å². The number of likely N-dealkylation sites (tertiary alicyclic amines) is 1. The predicted octanol–water partition coefficient (Wildman–Crippen LogP) is 1.86. The van der Waals surface area contributed by atoms with Gasteiger partial charge >= 0.3 is 0 Å². The molecule has 4 nitrogen and oxygen atoms in total. The number of nitrogens with one attached hydrogen (secondary N) is 1. The zero-order chi connectivity index (χ0) is 14.5. The number of anilines is 1. The summed E-state index contributed by atoms with van der Waals surface area (Å²) in [6, 6.07) is 8.24. The number of nitrogens with zero attached hydrogens (tertiary/aromatic N) is 1. The van der Waals surface area contributed by atoms with Crippen LogP contribution in [0.1, 0.15) is 25.8 Å². The van der Waals surface area contributed by atoms with Gasteiger partial charge in [-0.3, -0.25) is 9.69 Å². The van der Waals surface area contributed by atoms with Crippen LogP contribution in [0.4, 0.5) is 5.69 Å². The third-order valence-electron chi connectivity index (χ3n) is 4.04. The van der Waals surface area contributed by atoms with E-state index in [1.165, 1.54) is 5.56 Å². The number of hydrogen-bond acceptors (Lipinski definition) is 3. The quantitative estimate of drug-likeness (QED) is 0.862. The van der Waals surface area contributed by atoms with Crippen molar-refractivity contribution in [2.75, 3.05) is 25.0 Å². The lowest BCUT2D eigenvalue weighted by atomic mass is 10.0. The summed E-state index contributed by atoms with van der Waals surface area (Å²) < 4.78 is 0. The van der Waals surface area contributed by atoms with Crippen LogP contribution in [0.25, 0.3) is 0 Å². The van der Waals surface area contributed by atoms with Crippen LogP contribution in [-0.4, -0.2) is 36.5 Å². The van der Waals surface area contributed by atoms with Crippen molar-refractivity contribution in [2.45, 2.75) is 32.7 Å². The second kappa shape index (κ2) is 6.86. The maximum Gasteiger partial charge on any atom is 0.238 e. The molecular formula is C16H25N3O. The van der Waals surface area contributed by atoms with Gasteiger partial charge in [0.05, 0.1) is 6.54 Å². The van der Waals surface area contributed by atoms with E-state index in [-0.39, 0.29) is 11.9 Å². The zero-order valence-electron chi connectivity index (χ0n) is 12.4. The molecule has 3 N–H and O–H groups in total. The Labute approximate surface area is 121 Å². The highest BCUT2D eigenvalue weighted by Crippen LogP contribution is 2.18. The van der Waals surface area contributed by atoms with E-state index in [0.717, 1.165) is 31.6 Å². The van der Waals surface area contributed by atoms with E-state index in [0.29, 0.717) is 12.5 Å². The van der Waals surface area contributed by atoms with E-state index in [4.69, 9.17) is 5.73 Å². The highest BCUT2D eigenvalue weighted by atomic mass is 16.2. The molecule has 0 spiro atoms. The first-order valence-corrected chi connectivity index (χ1v) is 7.45. The van der Waals surface area contributed by atoms with Crippen LogP contribution in [-0.2, 0) is 11.2 Å². The monoisotopic (exact) mass is 275 g/mol. The van der Waals surface area contributed by atoms with Crippen molar-refractivity contribution in [1.82, 2.24) is 4.90 Å². The molecule has 1 amide bonds. The average molecular weight is 275 g/mol. The molecule has 1 heterocycles. The Hall–Kier alpha value is -1.39. The summed E-state index contributed by atoms with van der Waals surface area (Å²) in [4.78, 5) is 14.2. The first-order valence-electron chi connectivity index (χ1n) is 7.45. The van der Waals surface area contributed by atoms with Gasteiger partial charge in [-0.25, -0.2) is 0 Å². The van der Waals surface area contributed by atoms with Crippen molar-refractivity contribution in [3.63, 3.8) is 0 Å². The zero-order valence-corrected chi connectivity index (χ0v) is 12.4. The summed E-state index contributed by atoms with van der Waals surface area (Å²) >= 11 is 0. The van der Waals surface area contributed by atoms with Gasteiger partial charge < -0.3 is 11.1 Å². The normalized spacial score (nSPS) is 20.9. The van der Waals surface area contributed by atoms with Crippen molar-refractivity contribution in [2.24, 2.45) is 11.7 Å². The summed E-state index contributed by atoms with van der Waals surface area (Å²) in [5.41, 5.74) is 8.04. The van der Waals surface area contributed by atoms with Crippen molar-refractivity contribution >= 4 is 11.6 Å². The fraction of sp³-hybridized carbons (Fsp3) is 0.562. The van der Waals surface area contributed by atoms with Crippen LogP contribution in [0.3, 0.4) is 0 Å². The van der Waals surface area contributed by atoms with Crippen LogP contribution in [0.2, 0.25) is 0 Å². The van der Waals surface area contributed by atoms with Crippen molar-refractivity contribution in [3.8, 4) is 0 Å². The van der Waals surface area contributed by atoms with E-state index < -0.39 is 0 Å². The second-order valence-electron chi connectivity index (χ2n) is 5.75. The lowest BCUT2D eigenvalue weighted by Crippen LogP contribution is -2.34. The average Bonchev–Trinajstić information content (AvgIpc) is 2.87.